The highest BCUT2D eigenvalue weighted by Gasteiger charge is 2.11. The van der Waals surface area contributed by atoms with Crippen LogP contribution in [0.4, 0.5) is 0 Å². The van der Waals surface area contributed by atoms with E-state index < -0.39 is 0 Å². The van der Waals surface area contributed by atoms with Gasteiger partial charge in [0.2, 0.25) is 0 Å². The molecular formula is C13H12ClNO. The number of alkyl halides is 1. The summed E-state index contributed by atoms with van der Waals surface area (Å²) >= 11 is 5.55. The lowest BCUT2D eigenvalue weighted by Crippen LogP contribution is -2.03. The summed E-state index contributed by atoms with van der Waals surface area (Å²) in [5.41, 5.74) is 2.67. The SMILES string of the molecule is Cc1c(C(=O)CCl)ccn1-c1ccccc1. The van der Waals surface area contributed by atoms with Gasteiger partial charge in [-0.05, 0) is 25.1 Å². The Morgan fingerprint density at radius 2 is 1.94 bits per heavy atom. The molecule has 0 spiro atoms. The van der Waals surface area contributed by atoms with Crippen molar-refractivity contribution in [1.29, 1.82) is 0 Å². The van der Waals surface area contributed by atoms with Gasteiger partial charge in [0, 0.05) is 23.1 Å². The monoisotopic (exact) mass is 233 g/mol. The van der Waals surface area contributed by atoms with E-state index >= 15 is 0 Å². The standard InChI is InChI=1S/C13H12ClNO/c1-10-12(13(16)9-14)7-8-15(10)11-5-3-2-4-6-11/h2-8H,9H2,1H3. The van der Waals surface area contributed by atoms with Gasteiger partial charge in [0.25, 0.3) is 0 Å². The first-order valence-electron chi connectivity index (χ1n) is 5.06. The van der Waals surface area contributed by atoms with E-state index in [4.69, 9.17) is 11.6 Å². The van der Waals surface area contributed by atoms with Crippen molar-refractivity contribution in [3.63, 3.8) is 0 Å². The summed E-state index contributed by atoms with van der Waals surface area (Å²) in [6.45, 7) is 1.92. The normalized spacial score (nSPS) is 10.4. The van der Waals surface area contributed by atoms with Gasteiger partial charge in [-0.2, -0.15) is 0 Å². The van der Waals surface area contributed by atoms with Crippen LogP contribution in [0.5, 0.6) is 0 Å². The maximum absolute atomic E-state index is 11.5. The number of aromatic nitrogens is 1. The third kappa shape index (κ3) is 1.89. The summed E-state index contributed by atoms with van der Waals surface area (Å²) in [6.07, 6.45) is 1.89. The lowest BCUT2D eigenvalue weighted by atomic mass is 10.2. The number of hydrogen-bond acceptors (Lipinski definition) is 1. The van der Waals surface area contributed by atoms with Gasteiger partial charge in [0.15, 0.2) is 5.78 Å². The molecule has 2 aromatic rings. The van der Waals surface area contributed by atoms with Gasteiger partial charge in [-0.3, -0.25) is 4.79 Å². The molecule has 0 fully saturated rings. The molecule has 0 amide bonds. The average molecular weight is 234 g/mol. The number of para-hydroxylation sites is 1. The Bertz CT molecular complexity index is 502. The summed E-state index contributed by atoms with van der Waals surface area (Å²) in [4.78, 5) is 11.5. The minimum Gasteiger partial charge on any atom is -0.320 e. The summed E-state index contributed by atoms with van der Waals surface area (Å²) < 4.78 is 1.99. The molecule has 2 nitrogen and oxygen atoms in total. The van der Waals surface area contributed by atoms with Crippen molar-refractivity contribution in [1.82, 2.24) is 4.57 Å². The molecule has 1 aromatic heterocycles. The summed E-state index contributed by atoms with van der Waals surface area (Å²) in [6, 6.07) is 11.7. The van der Waals surface area contributed by atoms with E-state index in [1.165, 1.54) is 0 Å². The summed E-state index contributed by atoms with van der Waals surface area (Å²) in [5, 5.41) is 0. The van der Waals surface area contributed by atoms with Crippen LogP contribution in [-0.2, 0) is 0 Å². The second-order valence-electron chi connectivity index (χ2n) is 3.58. The molecule has 0 N–H and O–H groups in total. The number of benzene rings is 1. The van der Waals surface area contributed by atoms with Crippen molar-refractivity contribution < 1.29 is 4.79 Å². The second-order valence-corrected chi connectivity index (χ2v) is 3.84. The van der Waals surface area contributed by atoms with Gasteiger partial charge >= 0.3 is 0 Å². The van der Waals surface area contributed by atoms with E-state index in [-0.39, 0.29) is 11.7 Å². The lowest BCUT2D eigenvalue weighted by Gasteiger charge is -2.06. The second kappa shape index (κ2) is 4.54. The van der Waals surface area contributed by atoms with Crippen molar-refractivity contribution >= 4 is 17.4 Å². The maximum Gasteiger partial charge on any atom is 0.179 e. The van der Waals surface area contributed by atoms with E-state index in [1.807, 2.05) is 54.1 Å². The maximum atomic E-state index is 11.5. The van der Waals surface area contributed by atoms with Crippen LogP contribution in [0.3, 0.4) is 0 Å². The van der Waals surface area contributed by atoms with Crippen LogP contribution in [0, 0.1) is 6.92 Å². The van der Waals surface area contributed by atoms with Crippen LogP contribution >= 0.6 is 11.6 Å². The smallest absolute Gasteiger partial charge is 0.179 e. The Balaban J connectivity index is 2.45. The number of carbonyl (C=O) groups excluding carboxylic acids is 1. The minimum atomic E-state index is -0.0335. The molecule has 0 saturated carbocycles. The van der Waals surface area contributed by atoms with Crippen molar-refractivity contribution in [2.24, 2.45) is 0 Å². The quantitative estimate of drug-likeness (QED) is 0.590. The molecule has 0 aliphatic rings. The van der Waals surface area contributed by atoms with E-state index in [2.05, 4.69) is 0 Å². The van der Waals surface area contributed by atoms with Crippen LogP contribution in [0.25, 0.3) is 5.69 Å². The van der Waals surface area contributed by atoms with E-state index in [1.54, 1.807) is 0 Å². The van der Waals surface area contributed by atoms with Gasteiger partial charge in [0.05, 0.1) is 5.88 Å². The third-order valence-electron chi connectivity index (χ3n) is 2.60. The summed E-state index contributed by atoms with van der Waals surface area (Å²) in [7, 11) is 0. The number of carbonyl (C=O) groups is 1. The highest BCUT2D eigenvalue weighted by atomic mass is 35.5. The molecule has 3 heteroatoms. The van der Waals surface area contributed by atoms with E-state index in [9.17, 15) is 4.79 Å². The van der Waals surface area contributed by atoms with Gasteiger partial charge in [-0.15, -0.1) is 11.6 Å². The van der Waals surface area contributed by atoms with Gasteiger partial charge in [0.1, 0.15) is 0 Å². The lowest BCUT2D eigenvalue weighted by molar-refractivity contribution is 0.102. The molecule has 0 saturated heterocycles. The fraction of sp³-hybridized carbons (Fsp3) is 0.154. The van der Waals surface area contributed by atoms with Crippen LogP contribution < -0.4 is 0 Å². The van der Waals surface area contributed by atoms with E-state index in [0.29, 0.717) is 5.56 Å². The molecule has 0 unspecified atom stereocenters. The van der Waals surface area contributed by atoms with Gasteiger partial charge in [-0.25, -0.2) is 0 Å². The zero-order valence-corrected chi connectivity index (χ0v) is 9.74. The number of Topliss-reactive ketones (excluding diaryl/α,β-unsaturated/α-hetero) is 1. The Labute approximate surface area is 99.5 Å². The Morgan fingerprint density at radius 3 is 2.56 bits per heavy atom. The van der Waals surface area contributed by atoms with Gasteiger partial charge in [-0.1, -0.05) is 18.2 Å². The third-order valence-corrected chi connectivity index (χ3v) is 2.84. The van der Waals surface area contributed by atoms with Crippen LogP contribution in [0.2, 0.25) is 0 Å². The van der Waals surface area contributed by atoms with E-state index in [0.717, 1.165) is 11.4 Å². The number of rotatable bonds is 3. The number of ketones is 1. The average Bonchev–Trinajstić information content (AvgIpc) is 2.71. The zero-order valence-electron chi connectivity index (χ0n) is 8.98. The predicted molar refractivity (Wildman–Crippen MR) is 65.6 cm³/mol. The Morgan fingerprint density at radius 1 is 1.25 bits per heavy atom. The molecule has 0 bridgehead atoms. The molecule has 0 aliphatic heterocycles. The fourth-order valence-corrected chi connectivity index (χ4v) is 1.89. The Kier molecular flexibility index (Phi) is 3.11. The van der Waals surface area contributed by atoms with Crippen LogP contribution in [0.1, 0.15) is 16.1 Å². The first kappa shape index (κ1) is 11.0. The minimum absolute atomic E-state index is 0.0274. The first-order valence-corrected chi connectivity index (χ1v) is 5.60. The number of hydrogen-bond donors (Lipinski definition) is 0. The molecule has 0 atom stereocenters. The predicted octanol–water partition coefficient (Wildman–Crippen LogP) is 3.21. The van der Waals surface area contributed by atoms with Crippen molar-refractivity contribution in [2.75, 3.05) is 5.88 Å². The topological polar surface area (TPSA) is 22.0 Å². The van der Waals surface area contributed by atoms with Crippen molar-refractivity contribution in [2.45, 2.75) is 6.92 Å². The Hall–Kier alpha value is -1.54. The molecule has 2 rings (SSSR count). The van der Waals surface area contributed by atoms with Gasteiger partial charge < -0.3 is 4.57 Å². The van der Waals surface area contributed by atoms with Crippen molar-refractivity contribution in [3.8, 4) is 5.69 Å². The highest BCUT2D eigenvalue weighted by Crippen LogP contribution is 2.17. The molecule has 1 heterocycles. The van der Waals surface area contributed by atoms with Crippen molar-refractivity contribution in [3.05, 3.63) is 53.9 Å². The summed E-state index contributed by atoms with van der Waals surface area (Å²) in [5.74, 6) is -0.00605. The molecule has 82 valence electrons. The molecular weight excluding hydrogens is 222 g/mol. The molecule has 0 aliphatic carbocycles. The zero-order chi connectivity index (χ0) is 11.5. The number of nitrogens with zero attached hydrogens (tertiary/aromatic N) is 1. The molecule has 1 aromatic carbocycles. The highest BCUT2D eigenvalue weighted by molar-refractivity contribution is 6.30. The first-order chi connectivity index (χ1) is 7.74. The fourth-order valence-electron chi connectivity index (χ4n) is 1.75. The largest absolute Gasteiger partial charge is 0.320 e. The number of halogens is 1. The van der Waals surface area contributed by atoms with Crippen LogP contribution in [0.15, 0.2) is 42.6 Å². The molecule has 16 heavy (non-hydrogen) atoms. The molecule has 0 radical (unpaired) electrons. The van der Waals surface area contributed by atoms with Crippen LogP contribution in [-0.4, -0.2) is 16.2 Å².